The molecule has 6 heteroatoms. The minimum absolute atomic E-state index is 0.103. The van der Waals surface area contributed by atoms with E-state index in [2.05, 4.69) is 16.8 Å². The van der Waals surface area contributed by atoms with Gasteiger partial charge in [0.25, 0.3) is 5.91 Å². The van der Waals surface area contributed by atoms with Gasteiger partial charge in [0.1, 0.15) is 5.82 Å². The summed E-state index contributed by atoms with van der Waals surface area (Å²) in [7, 11) is 0. The fraction of sp³-hybridized carbons (Fsp3) is 0.650. The fourth-order valence-electron chi connectivity index (χ4n) is 4.73. The molecule has 0 saturated carbocycles. The highest BCUT2D eigenvalue weighted by Gasteiger charge is 2.48. The van der Waals surface area contributed by atoms with Crippen LogP contribution in [0.25, 0.3) is 0 Å². The van der Waals surface area contributed by atoms with Crippen LogP contribution in [0.5, 0.6) is 0 Å². The highest BCUT2D eigenvalue weighted by Crippen LogP contribution is 2.41. The van der Waals surface area contributed by atoms with Gasteiger partial charge in [0, 0.05) is 51.0 Å². The van der Waals surface area contributed by atoms with Gasteiger partial charge in [-0.3, -0.25) is 9.59 Å². The molecule has 3 fully saturated rings. The van der Waals surface area contributed by atoms with Gasteiger partial charge in [-0.1, -0.05) is 0 Å². The summed E-state index contributed by atoms with van der Waals surface area (Å²) in [5.41, 5.74) is 0.452. The molecular formula is C20H28N4O2. The largest absolute Gasteiger partial charge is 0.355 e. The second kappa shape index (κ2) is 6.89. The normalized spacial score (nSPS) is 26.2. The van der Waals surface area contributed by atoms with E-state index in [0.29, 0.717) is 11.5 Å². The summed E-state index contributed by atoms with van der Waals surface area (Å²) in [6.45, 7) is 6.98. The van der Waals surface area contributed by atoms with Crippen LogP contribution in [0.15, 0.2) is 18.3 Å². The van der Waals surface area contributed by atoms with E-state index in [0.717, 1.165) is 77.2 Å². The predicted octanol–water partition coefficient (Wildman–Crippen LogP) is 2.16. The van der Waals surface area contributed by atoms with Gasteiger partial charge in [-0.25, -0.2) is 4.98 Å². The second-order valence-corrected chi connectivity index (χ2v) is 7.84. The van der Waals surface area contributed by atoms with Gasteiger partial charge in [0.15, 0.2) is 0 Å². The molecule has 3 saturated heterocycles. The van der Waals surface area contributed by atoms with Crippen LogP contribution in [-0.2, 0) is 4.79 Å². The Morgan fingerprint density at radius 3 is 2.73 bits per heavy atom. The Morgan fingerprint density at radius 2 is 1.96 bits per heavy atom. The van der Waals surface area contributed by atoms with Crippen molar-refractivity contribution < 1.29 is 9.59 Å². The number of anilines is 1. The number of nitrogens with zero attached hydrogens (tertiary/aromatic N) is 4. The topological polar surface area (TPSA) is 56.8 Å². The van der Waals surface area contributed by atoms with Gasteiger partial charge in [0.05, 0.1) is 5.41 Å². The average molecular weight is 356 g/mol. The van der Waals surface area contributed by atoms with E-state index < -0.39 is 0 Å². The number of likely N-dealkylation sites (tertiary alicyclic amines) is 2. The molecule has 6 nitrogen and oxygen atoms in total. The molecule has 0 radical (unpaired) electrons. The zero-order chi connectivity index (χ0) is 18.1. The standard InChI is InChI=1S/C20H28N4O2/c1-2-22-12-5-7-20(19(22)26)8-13-24(15-20)17-14-16(6-9-21-17)18(25)23-10-3-4-11-23/h6,9,14H,2-5,7-8,10-13,15H2,1H3/t20-/m1/s1. The van der Waals surface area contributed by atoms with Crippen LogP contribution in [0, 0.1) is 5.41 Å². The molecule has 26 heavy (non-hydrogen) atoms. The summed E-state index contributed by atoms with van der Waals surface area (Å²) in [6, 6.07) is 3.71. The first-order chi connectivity index (χ1) is 12.6. The summed E-state index contributed by atoms with van der Waals surface area (Å²) in [5, 5.41) is 0. The first-order valence-corrected chi connectivity index (χ1v) is 9.93. The van der Waals surface area contributed by atoms with Crippen LogP contribution in [0.4, 0.5) is 5.82 Å². The number of amides is 2. The predicted molar refractivity (Wildman–Crippen MR) is 100 cm³/mol. The Bertz CT molecular complexity index is 701. The molecule has 1 atom stereocenters. The van der Waals surface area contributed by atoms with Crippen molar-refractivity contribution in [2.75, 3.05) is 44.2 Å². The maximum Gasteiger partial charge on any atom is 0.254 e. The first-order valence-electron chi connectivity index (χ1n) is 9.93. The fourth-order valence-corrected chi connectivity index (χ4v) is 4.73. The molecule has 0 aliphatic carbocycles. The third-order valence-corrected chi connectivity index (χ3v) is 6.27. The second-order valence-electron chi connectivity index (χ2n) is 7.84. The number of pyridine rings is 1. The molecule has 4 heterocycles. The van der Waals surface area contributed by atoms with E-state index in [9.17, 15) is 9.59 Å². The first kappa shape index (κ1) is 17.3. The number of hydrogen-bond donors (Lipinski definition) is 0. The van der Waals surface area contributed by atoms with Crippen LogP contribution in [-0.4, -0.2) is 65.9 Å². The molecule has 0 bridgehead atoms. The molecule has 0 unspecified atom stereocenters. The quantitative estimate of drug-likeness (QED) is 0.833. The van der Waals surface area contributed by atoms with E-state index in [-0.39, 0.29) is 11.3 Å². The number of aromatic nitrogens is 1. The highest BCUT2D eigenvalue weighted by atomic mass is 16.2. The number of carbonyl (C=O) groups is 2. The minimum atomic E-state index is -0.259. The SMILES string of the molecule is CCN1CCC[C@]2(CCN(c3cc(C(=O)N4CCCC4)ccn3)C2)C1=O. The zero-order valence-corrected chi connectivity index (χ0v) is 15.6. The lowest BCUT2D eigenvalue weighted by molar-refractivity contribution is -0.144. The molecular weight excluding hydrogens is 328 g/mol. The van der Waals surface area contributed by atoms with Crippen molar-refractivity contribution in [1.82, 2.24) is 14.8 Å². The van der Waals surface area contributed by atoms with Crippen molar-refractivity contribution in [3.63, 3.8) is 0 Å². The van der Waals surface area contributed by atoms with Crippen LogP contribution < -0.4 is 4.90 Å². The lowest BCUT2D eigenvalue weighted by Crippen LogP contribution is -2.49. The average Bonchev–Trinajstić information content (AvgIpc) is 3.35. The molecule has 3 aliphatic rings. The van der Waals surface area contributed by atoms with E-state index in [4.69, 9.17) is 0 Å². The van der Waals surface area contributed by atoms with Crippen LogP contribution in [0.1, 0.15) is 49.4 Å². The van der Waals surface area contributed by atoms with Gasteiger partial charge < -0.3 is 14.7 Å². The summed E-state index contributed by atoms with van der Waals surface area (Å²) in [6.07, 6.45) is 6.83. The van der Waals surface area contributed by atoms with Crippen molar-refractivity contribution in [2.24, 2.45) is 5.41 Å². The molecule has 1 aromatic heterocycles. The molecule has 0 aromatic carbocycles. The molecule has 4 rings (SSSR count). The molecule has 0 N–H and O–H groups in total. The van der Waals surface area contributed by atoms with Gasteiger partial charge >= 0.3 is 0 Å². The van der Waals surface area contributed by atoms with Crippen molar-refractivity contribution in [2.45, 2.75) is 39.0 Å². The Morgan fingerprint density at radius 1 is 1.15 bits per heavy atom. The molecule has 140 valence electrons. The van der Waals surface area contributed by atoms with Crippen LogP contribution in [0.3, 0.4) is 0 Å². The summed E-state index contributed by atoms with van der Waals surface area (Å²) in [4.78, 5) is 36.2. The lowest BCUT2D eigenvalue weighted by atomic mass is 9.78. The highest BCUT2D eigenvalue weighted by molar-refractivity contribution is 5.95. The minimum Gasteiger partial charge on any atom is -0.355 e. The van der Waals surface area contributed by atoms with E-state index >= 15 is 0 Å². The molecule has 1 spiro atoms. The maximum atomic E-state index is 12.9. The maximum absolute atomic E-state index is 12.9. The number of piperidine rings is 1. The summed E-state index contributed by atoms with van der Waals surface area (Å²) in [5.74, 6) is 1.23. The monoisotopic (exact) mass is 356 g/mol. The van der Waals surface area contributed by atoms with Gasteiger partial charge in [-0.2, -0.15) is 0 Å². The van der Waals surface area contributed by atoms with Crippen molar-refractivity contribution in [1.29, 1.82) is 0 Å². The summed E-state index contributed by atoms with van der Waals surface area (Å²) >= 11 is 0. The zero-order valence-electron chi connectivity index (χ0n) is 15.6. The van der Waals surface area contributed by atoms with E-state index in [1.54, 1.807) is 12.3 Å². The summed E-state index contributed by atoms with van der Waals surface area (Å²) < 4.78 is 0. The smallest absolute Gasteiger partial charge is 0.254 e. The molecule has 3 aliphatic heterocycles. The van der Waals surface area contributed by atoms with Crippen molar-refractivity contribution >= 4 is 17.6 Å². The van der Waals surface area contributed by atoms with E-state index in [1.165, 1.54) is 0 Å². The van der Waals surface area contributed by atoms with Gasteiger partial charge in [-0.15, -0.1) is 0 Å². The Balaban J connectivity index is 1.51. The lowest BCUT2D eigenvalue weighted by Gasteiger charge is -2.38. The Labute approximate surface area is 155 Å². The van der Waals surface area contributed by atoms with E-state index in [1.807, 2.05) is 15.9 Å². The molecule has 1 aromatic rings. The number of rotatable bonds is 3. The third-order valence-electron chi connectivity index (χ3n) is 6.27. The Kier molecular flexibility index (Phi) is 4.59. The third kappa shape index (κ3) is 2.95. The van der Waals surface area contributed by atoms with Gasteiger partial charge in [-0.05, 0) is 51.2 Å². The van der Waals surface area contributed by atoms with Crippen molar-refractivity contribution in [3.05, 3.63) is 23.9 Å². The van der Waals surface area contributed by atoms with Crippen LogP contribution >= 0.6 is 0 Å². The number of carbonyl (C=O) groups excluding carboxylic acids is 2. The molecule has 2 amide bonds. The van der Waals surface area contributed by atoms with Crippen LogP contribution in [0.2, 0.25) is 0 Å². The van der Waals surface area contributed by atoms with Crippen molar-refractivity contribution in [3.8, 4) is 0 Å². The number of hydrogen-bond acceptors (Lipinski definition) is 4. The Hall–Kier alpha value is -2.11. The van der Waals surface area contributed by atoms with Gasteiger partial charge in [0.2, 0.25) is 5.91 Å².